The van der Waals surface area contributed by atoms with Crippen molar-refractivity contribution in [3.63, 3.8) is 0 Å². The van der Waals surface area contributed by atoms with Gasteiger partial charge in [0.25, 0.3) is 5.60 Å². The van der Waals surface area contributed by atoms with Crippen molar-refractivity contribution in [3.8, 4) is 0 Å². The molecular weight excluding hydrogens is 324 g/mol. The maximum Gasteiger partial charge on any atom is 0.347 e. The summed E-state index contributed by atoms with van der Waals surface area (Å²) in [4.78, 5) is 33.6. The lowest BCUT2D eigenvalue weighted by Crippen LogP contribution is -2.58. The molecule has 0 aliphatic rings. The van der Waals surface area contributed by atoms with Crippen LogP contribution in [0.5, 0.6) is 0 Å². The van der Waals surface area contributed by atoms with Crippen molar-refractivity contribution in [1.82, 2.24) is 0 Å². The van der Waals surface area contributed by atoms with Crippen LogP contribution in [0.3, 0.4) is 0 Å². The van der Waals surface area contributed by atoms with Gasteiger partial charge < -0.3 is 20.4 Å². The van der Waals surface area contributed by atoms with E-state index in [4.69, 9.17) is 10.2 Å². The Kier molecular flexibility index (Phi) is 4.40. The zero-order valence-corrected chi connectivity index (χ0v) is 10.9. The standard InChI is InChI=1S/C11H9BrO7/c12-6-4-2-1-3-5(6)7(13)11(19,10(17)18)8(14)9(15)16/h1-4,8,14,19H,(H,15,16)(H,17,18)/t8-,11+/m1/s1. The summed E-state index contributed by atoms with van der Waals surface area (Å²) in [6.45, 7) is 0. The van der Waals surface area contributed by atoms with E-state index in [1.807, 2.05) is 0 Å². The van der Waals surface area contributed by atoms with Crippen molar-refractivity contribution in [2.45, 2.75) is 11.7 Å². The average Bonchev–Trinajstić information content (AvgIpc) is 2.36. The fourth-order valence-corrected chi connectivity index (χ4v) is 1.83. The van der Waals surface area contributed by atoms with Crippen LogP contribution >= 0.6 is 15.9 Å². The fourth-order valence-electron chi connectivity index (χ4n) is 1.37. The molecule has 0 heterocycles. The van der Waals surface area contributed by atoms with Crippen molar-refractivity contribution in [3.05, 3.63) is 34.3 Å². The fraction of sp³-hybridized carbons (Fsp3) is 0.182. The first-order chi connectivity index (χ1) is 8.72. The van der Waals surface area contributed by atoms with Gasteiger partial charge in [-0.05, 0) is 6.07 Å². The number of aliphatic hydroxyl groups excluding tert-OH is 1. The van der Waals surface area contributed by atoms with Gasteiger partial charge in [0.15, 0.2) is 6.10 Å². The topological polar surface area (TPSA) is 132 Å². The highest BCUT2D eigenvalue weighted by molar-refractivity contribution is 9.10. The first kappa shape index (κ1) is 15.3. The van der Waals surface area contributed by atoms with Crippen LogP contribution in [0.2, 0.25) is 0 Å². The molecule has 0 spiro atoms. The highest BCUT2D eigenvalue weighted by Gasteiger charge is 2.54. The monoisotopic (exact) mass is 332 g/mol. The van der Waals surface area contributed by atoms with Crippen molar-refractivity contribution in [1.29, 1.82) is 0 Å². The van der Waals surface area contributed by atoms with Crippen molar-refractivity contribution >= 4 is 33.7 Å². The summed E-state index contributed by atoms with van der Waals surface area (Å²) in [5.74, 6) is -5.60. The van der Waals surface area contributed by atoms with Gasteiger partial charge in [-0.25, -0.2) is 9.59 Å². The quantitative estimate of drug-likeness (QED) is 0.437. The Morgan fingerprint density at radius 3 is 2.11 bits per heavy atom. The van der Waals surface area contributed by atoms with Gasteiger partial charge in [-0.3, -0.25) is 4.79 Å². The second-order valence-corrected chi connectivity index (χ2v) is 4.48. The van der Waals surface area contributed by atoms with Crippen LogP contribution in [0.4, 0.5) is 0 Å². The Bertz CT molecular complexity index is 542. The van der Waals surface area contributed by atoms with Crippen LogP contribution in [-0.2, 0) is 9.59 Å². The van der Waals surface area contributed by atoms with Gasteiger partial charge in [-0.2, -0.15) is 0 Å². The van der Waals surface area contributed by atoms with E-state index in [0.717, 1.165) is 0 Å². The number of aliphatic hydroxyl groups is 2. The van der Waals surface area contributed by atoms with Gasteiger partial charge in [0.1, 0.15) is 0 Å². The van der Waals surface area contributed by atoms with Crippen LogP contribution in [-0.4, -0.2) is 49.9 Å². The van der Waals surface area contributed by atoms with E-state index in [0.29, 0.717) is 0 Å². The van der Waals surface area contributed by atoms with E-state index in [1.165, 1.54) is 24.3 Å². The molecular formula is C11H9BrO7. The van der Waals surface area contributed by atoms with Gasteiger partial charge in [0.05, 0.1) is 0 Å². The third kappa shape index (κ3) is 2.65. The normalized spacial score (nSPS) is 15.3. The number of rotatable bonds is 5. The van der Waals surface area contributed by atoms with Crippen molar-refractivity contribution < 1.29 is 34.8 Å². The minimum atomic E-state index is -3.46. The largest absolute Gasteiger partial charge is 0.479 e. The maximum atomic E-state index is 12.0. The number of carboxylic acid groups (broad SMARTS) is 2. The molecule has 1 aromatic carbocycles. The molecule has 0 bridgehead atoms. The molecule has 2 atom stereocenters. The van der Waals surface area contributed by atoms with Crippen LogP contribution < -0.4 is 0 Å². The van der Waals surface area contributed by atoms with Crippen LogP contribution in [0.1, 0.15) is 10.4 Å². The Morgan fingerprint density at radius 1 is 1.16 bits per heavy atom. The predicted octanol–water partition coefficient (Wildman–Crippen LogP) is -0.107. The number of hydrogen-bond donors (Lipinski definition) is 4. The minimum absolute atomic E-state index is 0.164. The van der Waals surface area contributed by atoms with Gasteiger partial charge >= 0.3 is 11.9 Å². The molecule has 102 valence electrons. The summed E-state index contributed by atoms with van der Waals surface area (Å²) in [5, 5.41) is 36.5. The van der Waals surface area contributed by atoms with Gasteiger partial charge in [-0.1, -0.05) is 34.1 Å². The average molecular weight is 333 g/mol. The number of carbonyl (C=O) groups is 3. The third-order valence-corrected chi connectivity index (χ3v) is 3.11. The molecule has 0 aliphatic carbocycles. The summed E-state index contributed by atoms with van der Waals surface area (Å²) in [6, 6.07) is 5.53. The van der Waals surface area contributed by atoms with Gasteiger partial charge in [0, 0.05) is 10.0 Å². The smallest absolute Gasteiger partial charge is 0.347 e. The zero-order chi connectivity index (χ0) is 14.8. The summed E-state index contributed by atoms with van der Waals surface area (Å²) in [7, 11) is 0. The minimum Gasteiger partial charge on any atom is -0.479 e. The molecule has 0 aromatic heterocycles. The Hall–Kier alpha value is -1.77. The zero-order valence-electron chi connectivity index (χ0n) is 9.28. The molecule has 0 aliphatic heterocycles. The van der Waals surface area contributed by atoms with E-state index >= 15 is 0 Å². The molecule has 0 radical (unpaired) electrons. The summed E-state index contributed by atoms with van der Waals surface area (Å²) < 4.78 is 0.164. The van der Waals surface area contributed by atoms with Gasteiger partial charge in [-0.15, -0.1) is 0 Å². The predicted molar refractivity (Wildman–Crippen MR) is 64.7 cm³/mol. The molecule has 0 amide bonds. The van der Waals surface area contributed by atoms with E-state index in [1.54, 1.807) is 0 Å². The van der Waals surface area contributed by atoms with Gasteiger partial charge in [0.2, 0.25) is 5.78 Å². The van der Waals surface area contributed by atoms with Crippen LogP contribution in [0, 0.1) is 0 Å². The third-order valence-electron chi connectivity index (χ3n) is 2.42. The van der Waals surface area contributed by atoms with E-state index in [9.17, 15) is 24.6 Å². The number of carbonyl (C=O) groups excluding carboxylic acids is 1. The first-order valence-corrected chi connectivity index (χ1v) is 5.68. The van der Waals surface area contributed by atoms with Crippen molar-refractivity contribution in [2.24, 2.45) is 0 Å². The number of aliphatic carboxylic acids is 2. The molecule has 4 N–H and O–H groups in total. The summed E-state index contributed by atoms with van der Waals surface area (Å²) in [5.41, 5.74) is -3.72. The van der Waals surface area contributed by atoms with E-state index in [-0.39, 0.29) is 10.0 Å². The Balaban J connectivity index is 3.36. The van der Waals surface area contributed by atoms with E-state index in [2.05, 4.69) is 15.9 Å². The molecule has 1 aromatic rings. The number of ketones is 1. The SMILES string of the molecule is O=C(O)[C@@H](O)[C@](O)(C(=O)O)C(=O)c1ccccc1Br. The molecule has 0 saturated heterocycles. The van der Waals surface area contributed by atoms with Crippen molar-refractivity contribution in [2.75, 3.05) is 0 Å². The summed E-state index contributed by atoms with van der Waals surface area (Å²) >= 11 is 2.97. The molecule has 7 nitrogen and oxygen atoms in total. The number of Topliss-reactive ketones (excluding diaryl/α,β-unsaturated/α-hetero) is 1. The Labute approximate surface area is 115 Å². The lowest BCUT2D eigenvalue weighted by molar-refractivity contribution is -0.175. The number of benzene rings is 1. The highest BCUT2D eigenvalue weighted by atomic mass is 79.9. The number of hydrogen-bond acceptors (Lipinski definition) is 5. The summed E-state index contributed by atoms with van der Waals surface area (Å²) in [6.07, 6.45) is -2.79. The van der Waals surface area contributed by atoms with Crippen LogP contribution in [0.15, 0.2) is 28.7 Å². The second-order valence-electron chi connectivity index (χ2n) is 3.62. The molecule has 19 heavy (non-hydrogen) atoms. The molecule has 0 unspecified atom stereocenters. The lowest BCUT2D eigenvalue weighted by atomic mass is 9.87. The number of halogens is 1. The van der Waals surface area contributed by atoms with E-state index < -0.39 is 29.4 Å². The second kappa shape index (κ2) is 5.47. The number of carboxylic acids is 2. The first-order valence-electron chi connectivity index (χ1n) is 4.89. The highest BCUT2D eigenvalue weighted by Crippen LogP contribution is 2.24. The molecule has 1 rings (SSSR count). The lowest BCUT2D eigenvalue weighted by Gasteiger charge is -2.24. The maximum absolute atomic E-state index is 12.0. The molecule has 0 saturated carbocycles. The molecule has 8 heteroatoms. The van der Waals surface area contributed by atoms with Crippen LogP contribution in [0.25, 0.3) is 0 Å². The Morgan fingerprint density at radius 2 is 1.68 bits per heavy atom. The molecule has 0 fully saturated rings.